The van der Waals surface area contributed by atoms with Crippen LogP contribution in [-0.4, -0.2) is 17.3 Å². The molecule has 5 heteroatoms. The third kappa shape index (κ3) is 2.99. The summed E-state index contributed by atoms with van der Waals surface area (Å²) in [4.78, 5) is 4.22. The highest BCUT2D eigenvalue weighted by molar-refractivity contribution is 5.30. The molecule has 5 nitrogen and oxygen atoms in total. The van der Waals surface area contributed by atoms with Crippen LogP contribution in [0.1, 0.15) is 36.2 Å². The van der Waals surface area contributed by atoms with Gasteiger partial charge in [0.2, 0.25) is 5.89 Å². The lowest BCUT2D eigenvalue weighted by Gasteiger charge is -2.18. The first-order valence-corrected chi connectivity index (χ1v) is 6.93. The van der Waals surface area contributed by atoms with Crippen LogP contribution in [0, 0.1) is 12.8 Å². The molecule has 1 fully saturated rings. The Kier molecular flexibility index (Phi) is 3.69. The fraction of sp³-hybridized carbons (Fsp3) is 0.467. The van der Waals surface area contributed by atoms with Crippen LogP contribution < -0.4 is 10.1 Å². The minimum absolute atomic E-state index is 0.341. The van der Waals surface area contributed by atoms with Crippen molar-refractivity contribution in [3.63, 3.8) is 0 Å². The Hall–Kier alpha value is -1.88. The molecule has 1 saturated carbocycles. The monoisotopic (exact) mass is 273 g/mol. The molecule has 20 heavy (non-hydrogen) atoms. The van der Waals surface area contributed by atoms with Crippen molar-refractivity contribution in [2.45, 2.75) is 32.4 Å². The maximum atomic E-state index is 5.20. The fourth-order valence-electron chi connectivity index (χ4n) is 2.41. The second-order valence-electron chi connectivity index (χ2n) is 5.20. The number of benzene rings is 1. The van der Waals surface area contributed by atoms with Gasteiger partial charge in [-0.2, -0.15) is 4.98 Å². The Morgan fingerprint density at radius 2 is 2.10 bits per heavy atom. The normalized spacial score (nSPS) is 16.1. The van der Waals surface area contributed by atoms with E-state index in [4.69, 9.17) is 9.26 Å². The number of hydrogen-bond donors (Lipinski definition) is 1. The van der Waals surface area contributed by atoms with E-state index in [9.17, 15) is 0 Å². The standard InChI is InChI=1S/C15H19N3O2/c1-10-17-14(20-18-10)9-16-15(11-3-4-11)12-5-7-13(19-2)8-6-12/h5-8,11,15-16H,3-4,9H2,1-2H3. The highest BCUT2D eigenvalue weighted by Crippen LogP contribution is 2.41. The zero-order chi connectivity index (χ0) is 13.9. The van der Waals surface area contributed by atoms with Crippen LogP contribution in [0.5, 0.6) is 5.75 Å². The molecule has 2 aromatic rings. The van der Waals surface area contributed by atoms with E-state index in [2.05, 4.69) is 27.6 Å². The van der Waals surface area contributed by atoms with Gasteiger partial charge in [-0.25, -0.2) is 0 Å². The van der Waals surface area contributed by atoms with Gasteiger partial charge in [0.25, 0.3) is 0 Å². The van der Waals surface area contributed by atoms with Crippen LogP contribution in [-0.2, 0) is 6.54 Å². The summed E-state index contributed by atoms with van der Waals surface area (Å²) in [6, 6.07) is 8.59. The van der Waals surface area contributed by atoms with Gasteiger partial charge in [0, 0.05) is 6.04 Å². The van der Waals surface area contributed by atoms with Gasteiger partial charge in [0.1, 0.15) is 5.75 Å². The van der Waals surface area contributed by atoms with Crippen molar-refractivity contribution in [3.05, 3.63) is 41.5 Å². The number of aromatic nitrogens is 2. The lowest BCUT2D eigenvalue weighted by atomic mass is 10.0. The summed E-state index contributed by atoms with van der Waals surface area (Å²) in [5.41, 5.74) is 1.28. The first-order valence-electron chi connectivity index (χ1n) is 6.93. The molecule has 1 heterocycles. The minimum Gasteiger partial charge on any atom is -0.497 e. The molecule has 1 aliphatic carbocycles. The third-order valence-corrected chi connectivity index (χ3v) is 3.61. The van der Waals surface area contributed by atoms with Crippen LogP contribution in [0.4, 0.5) is 0 Å². The predicted octanol–water partition coefficient (Wildman–Crippen LogP) is 2.63. The van der Waals surface area contributed by atoms with Crippen molar-refractivity contribution >= 4 is 0 Å². The molecule has 1 aromatic heterocycles. The first kappa shape index (κ1) is 13.1. The smallest absolute Gasteiger partial charge is 0.240 e. The molecule has 1 N–H and O–H groups in total. The fourth-order valence-corrected chi connectivity index (χ4v) is 2.41. The Balaban J connectivity index is 1.68. The summed E-state index contributed by atoms with van der Waals surface area (Å²) >= 11 is 0. The summed E-state index contributed by atoms with van der Waals surface area (Å²) in [7, 11) is 1.68. The van der Waals surface area contributed by atoms with E-state index < -0.39 is 0 Å². The Morgan fingerprint density at radius 1 is 1.35 bits per heavy atom. The SMILES string of the molecule is COc1ccc(C(NCc2nc(C)no2)C2CC2)cc1. The van der Waals surface area contributed by atoms with Crippen LogP contribution in [0.15, 0.2) is 28.8 Å². The quantitative estimate of drug-likeness (QED) is 0.876. The van der Waals surface area contributed by atoms with Crippen LogP contribution in [0.25, 0.3) is 0 Å². The molecule has 0 spiro atoms. The molecule has 0 radical (unpaired) electrons. The van der Waals surface area contributed by atoms with Gasteiger partial charge in [-0.1, -0.05) is 17.3 Å². The van der Waals surface area contributed by atoms with E-state index in [-0.39, 0.29) is 0 Å². The first-order chi connectivity index (χ1) is 9.76. The van der Waals surface area contributed by atoms with E-state index in [0.29, 0.717) is 30.2 Å². The minimum atomic E-state index is 0.341. The number of methoxy groups -OCH3 is 1. The number of rotatable bonds is 6. The molecule has 3 rings (SSSR count). The predicted molar refractivity (Wildman–Crippen MR) is 74.3 cm³/mol. The van der Waals surface area contributed by atoms with E-state index in [1.165, 1.54) is 18.4 Å². The number of ether oxygens (including phenoxy) is 1. The van der Waals surface area contributed by atoms with Crippen molar-refractivity contribution in [3.8, 4) is 5.75 Å². The maximum Gasteiger partial charge on any atom is 0.240 e. The van der Waals surface area contributed by atoms with Crippen molar-refractivity contribution in [2.24, 2.45) is 5.92 Å². The number of nitrogens with one attached hydrogen (secondary N) is 1. The van der Waals surface area contributed by atoms with Gasteiger partial charge >= 0.3 is 0 Å². The Morgan fingerprint density at radius 3 is 2.65 bits per heavy atom. The lowest BCUT2D eigenvalue weighted by Crippen LogP contribution is -2.22. The molecule has 1 aromatic carbocycles. The summed E-state index contributed by atoms with van der Waals surface area (Å²) in [6.45, 7) is 2.43. The topological polar surface area (TPSA) is 60.2 Å². The largest absolute Gasteiger partial charge is 0.497 e. The Bertz CT molecular complexity index is 561. The van der Waals surface area contributed by atoms with Gasteiger partial charge in [-0.05, 0) is 43.4 Å². The number of hydrogen-bond acceptors (Lipinski definition) is 5. The van der Waals surface area contributed by atoms with E-state index in [0.717, 1.165) is 5.75 Å². The van der Waals surface area contributed by atoms with Crippen molar-refractivity contribution in [1.29, 1.82) is 0 Å². The van der Waals surface area contributed by atoms with Gasteiger partial charge in [0.15, 0.2) is 5.82 Å². The van der Waals surface area contributed by atoms with Crippen LogP contribution in [0.2, 0.25) is 0 Å². The number of aryl methyl sites for hydroxylation is 1. The molecule has 1 unspecified atom stereocenters. The molecule has 1 atom stereocenters. The van der Waals surface area contributed by atoms with Gasteiger partial charge < -0.3 is 14.6 Å². The van der Waals surface area contributed by atoms with Crippen LogP contribution in [0.3, 0.4) is 0 Å². The summed E-state index contributed by atoms with van der Waals surface area (Å²) < 4.78 is 10.3. The van der Waals surface area contributed by atoms with Gasteiger partial charge in [-0.15, -0.1) is 0 Å². The van der Waals surface area contributed by atoms with E-state index in [1.807, 2.05) is 19.1 Å². The molecule has 1 aliphatic rings. The van der Waals surface area contributed by atoms with Gasteiger partial charge in [0.05, 0.1) is 13.7 Å². The molecule has 0 aliphatic heterocycles. The van der Waals surface area contributed by atoms with Crippen molar-refractivity contribution < 1.29 is 9.26 Å². The zero-order valence-corrected chi connectivity index (χ0v) is 11.8. The molecular weight excluding hydrogens is 254 g/mol. The highest BCUT2D eigenvalue weighted by Gasteiger charge is 2.32. The molecule has 106 valence electrons. The average Bonchev–Trinajstić information content (AvgIpc) is 3.22. The van der Waals surface area contributed by atoms with Crippen LogP contribution >= 0.6 is 0 Å². The van der Waals surface area contributed by atoms with E-state index >= 15 is 0 Å². The maximum absolute atomic E-state index is 5.20. The zero-order valence-electron chi connectivity index (χ0n) is 11.8. The van der Waals surface area contributed by atoms with Crippen molar-refractivity contribution in [2.75, 3.05) is 7.11 Å². The molecule has 0 saturated heterocycles. The second-order valence-corrected chi connectivity index (χ2v) is 5.20. The Labute approximate surface area is 118 Å². The van der Waals surface area contributed by atoms with Crippen molar-refractivity contribution in [1.82, 2.24) is 15.5 Å². The molecule has 0 amide bonds. The molecular formula is C15H19N3O2. The average molecular weight is 273 g/mol. The van der Waals surface area contributed by atoms with Gasteiger partial charge in [-0.3, -0.25) is 0 Å². The number of nitrogens with zero attached hydrogens (tertiary/aromatic N) is 2. The summed E-state index contributed by atoms with van der Waals surface area (Å²) in [5, 5.41) is 7.34. The summed E-state index contributed by atoms with van der Waals surface area (Å²) in [5.74, 6) is 2.90. The summed E-state index contributed by atoms with van der Waals surface area (Å²) in [6.07, 6.45) is 2.54. The third-order valence-electron chi connectivity index (χ3n) is 3.61. The molecule has 0 bridgehead atoms. The highest BCUT2D eigenvalue weighted by atomic mass is 16.5. The lowest BCUT2D eigenvalue weighted by molar-refractivity contribution is 0.348. The van der Waals surface area contributed by atoms with E-state index in [1.54, 1.807) is 7.11 Å². The second kappa shape index (κ2) is 5.63.